The lowest BCUT2D eigenvalue weighted by molar-refractivity contribution is -0.118. The lowest BCUT2D eigenvalue weighted by Gasteiger charge is -2.31. The van der Waals surface area contributed by atoms with Gasteiger partial charge in [-0.3, -0.25) is 4.79 Å². The topological polar surface area (TPSA) is 59.8 Å². The Balaban J connectivity index is 1.60. The van der Waals surface area contributed by atoms with Gasteiger partial charge in [-0.25, -0.2) is 9.18 Å². The first-order valence-electron chi connectivity index (χ1n) is 10.1. The van der Waals surface area contributed by atoms with Gasteiger partial charge in [0.05, 0.1) is 7.11 Å². The van der Waals surface area contributed by atoms with E-state index in [4.69, 9.17) is 9.15 Å². The van der Waals surface area contributed by atoms with Crippen molar-refractivity contribution in [2.24, 2.45) is 0 Å². The van der Waals surface area contributed by atoms with Gasteiger partial charge in [0.15, 0.2) is 0 Å². The first-order valence-corrected chi connectivity index (χ1v) is 10.1. The molecule has 2 heterocycles. The van der Waals surface area contributed by atoms with Gasteiger partial charge in [0.25, 0.3) is 0 Å². The van der Waals surface area contributed by atoms with Crippen LogP contribution in [0.1, 0.15) is 35.1 Å². The van der Waals surface area contributed by atoms with Gasteiger partial charge in [-0.15, -0.1) is 0 Å². The van der Waals surface area contributed by atoms with Gasteiger partial charge in [0.1, 0.15) is 17.1 Å². The van der Waals surface area contributed by atoms with Crippen LogP contribution in [0.5, 0.6) is 5.75 Å². The summed E-state index contributed by atoms with van der Waals surface area (Å²) in [5.74, 6) is 0.268. The molecule has 0 N–H and O–H groups in total. The highest BCUT2D eigenvalue weighted by Gasteiger charge is 2.25. The number of aryl methyl sites for hydroxylation is 3. The molecule has 1 aliphatic heterocycles. The second-order valence-electron chi connectivity index (χ2n) is 7.73. The van der Waals surface area contributed by atoms with Gasteiger partial charge < -0.3 is 14.1 Å². The molecule has 0 spiro atoms. The van der Waals surface area contributed by atoms with Gasteiger partial charge in [-0.1, -0.05) is 0 Å². The van der Waals surface area contributed by atoms with Gasteiger partial charge in [-0.05, 0) is 74.1 Å². The smallest absolute Gasteiger partial charge is 0.339 e. The Bertz CT molecular complexity index is 1200. The average Bonchev–Trinajstić information content (AvgIpc) is 2.72. The van der Waals surface area contributed by atoms with Crippen molar-refractivity contribution in [2.75, 3.05) is 18.6 Å². The standard InChI is InChI=1S/C24H24FNO4/c1-14-11-17(25)12-16-5-4-10-26(23(14)16)22(27)9-8-20-15(2)19-7-6-18(29-3)13-21(19)30-24(20)28/h6-7,11-13H,4-5,8-10H2,1-3H3. The summed E-state index contributed by atoms with van der Waals surface area (Å²) < 4.78 is 24.4. The number of anilines is 1. The fraction of sp³-hybridized carbons (Fsp3) is 0.333. The van der Waals surface area contributed by atoms with E-state index in [2.05, 4.69) is 0 Å². The molecule has 0 saturated carbocycles. The molecule has 0 saturated heterocycles. The minimum absolute atomic E-state index is 0.0701. The highest BCUT2D eigenvalue weighted by Crippen LogP contribution is 2.32. The molecule has 0 atom stereocenters. The molecular formula is C24H24FNO4. The third-order valence-corrected chi connectivity index (χ3v) is 5.83. The number of fused-ring (bicyclic) bond motifs is 2. The van der Waals surface area contributed by atoms with E-state index in [0.717, 1.165) is 40.6 Å². The predicted octanol–water partition coefficient (Wildman–Crippen LogP) is 4.47. The van der Waals surface area contributed by atoms with Crippen LogP contribution in [-0.2, 0) is 17.6 Å². The van der Waals surface area contributed by atoms with Gasteiger partial charge >= 0.3 is 5.63 Å². The number of amides is 1. The third-order valence-electron chi connectivity index (χ3n) is 5.83. The van der Waals surface area contributed by atoms with Crippen molar-refractivity contribution < 1.29 is 18.3 Å². The van der Waals surface area contributed by atoms with Crippen molar-refractivity contribution >= 4 is 22.6 Å². The maximum atomic E-state index is 13.8. The SMILES string of the molecule is COc1ccc2c(C)c(CCC(=O)N3CCCc4cc(F)cc(C)c43)c(=O)oc2c1. The number of benzene rings is 2. The van der Waals surface area contributed by atoms with Gasteiger partial charge in [0, 0.05) is 35.7 Å². The van der Waals surface area contributed by atoms with E-state index in [1.165, 1.54) is 12.1 Å². The van der Waals surface area contributed by atoms with Crippen LogP contribution in [-0.4, -0.2) is 19.6 Å². The summed E-state index contributed by atoms with van der Waals surface area (Å²) in [6.07, 6.45) is 2.03. The average molecular weight is 409 g/mol. The van der Waals surface area contributed by atoms with E-state index in [-0.39, 0.29) is 18.1 Å². The van der Waals surface area contributed by atoms with Crippen molar-refractivity contribution in [1.29, 1.82) is 0 Å². The molecule has 30 heavy (non-hydrogen) atoms. The largest absolute Gasteiger partial charge is 0.497 e. The molecule has 0 fully saturated rings. The Labute approximate surface area is 174 Å². The summed E-state index contributed by atoms with van der Waals surface area (Å²) in [5.41, 5.74) is 3.79. The first kappa shape index (κ1) is 20.1. The Morgan fingerprint density at radius 2 is 2.03 bits per heavy atom. The molecule has 1 amide bonds. The van der Waals surface area contributed by atoms with Crippen LogP contribution in [0.25, 0.3) is 11.0 Å². The Morgan fingerprint density at radius 3 is 2.80 bits per heavy atom. The molecule has 2 aromatic carbocycles. The third kappa shape index (κ3) is 3.58. The fourth-order valence-electron chi connectivity index (χ4n) is 4.33. The van der Waals surface area contributed by atoms with Crippen LogP contribution in [0.2, 0.25) is 0 Å². The molecule has 0 aliphatic carbocycles. The Morgan fingerprint density at radius 1 is 1.23 bits per heavy atom. The molecule has 0 unspecified atom stereocenters. The van der Waals surface area contributed by atoms with Crippen molar-refractivity contribution in [1.82, 2.24) is 0 Å². The van der Waals surface area contributed by atoms with Crippen LogP contribution in [0.4, 0.5) is 10.1 Å². The number of carbonyl (C=O) groups is 1. The minimum Gasteiger partial charge on any atom is -0.497 e. The molecule has 1 aromatic heterocycles. The highest BCUT2D eigenvalue weighted by atomic mass is 19.1. The van der Waals surface area contributed by atoms with Crippen LogP contribution >= 0.6 is 0 Å². The van der Waals surface area contributed by atoms with E-state index in [9.17, 15) is 14.0 Å². The van der Waals surface area contributed by atoms with Gasteiger partial charge in [-0.2, -0.15) is 0 Å². The summed E-state index contributed by atoms with van der Waals surface area (Å²) in [4.78, 5) is 27.3. The fourth-order valence-corrected chi connectivity index (χ4v) is 4.33. The van der Waals surface area contributed by atoms with Gasteiger partial charge in [0.2, 0.25) is 5.91 Å². The van der Waals surface area contributed by atoms with Crippen LogP contribution in [0.3, 0.4) is 0 Å². The molecular weight excluding hydrogens is 385 g/mol. The number of halogens is 1. The van der Waals surface area contributed by atoms with E-state index in [1.807, 2.05) is 26.0 Å². The van der Waals surface area contributed by atoms with E-state index in [0.29, 0.717) is 29.9 Å². The number of hydrogen-bond donors (Lipinski definition) is 0. The molecule has 5 nitrogen and oxygen atoms in total. The Hall–Kier alpha value is -3.15. The molecule has 4 rings (SSSR count). The number of hydrogen-bond acceptors (Lipinski definition) is 4. The lowest BCUT2D eigenvalue weighted by Crippen LogP contribution is -2.36. The summed E-state index contributed by atoms with van der Waals surface area (Å²) in [7, 11) is 1.56. The summed E-state index contributed by atoms with van der Waals surface area (Å²) >= 11 is 0. The van der Waals surface area contributed by atoms with Crippen LogP contribution in [0.15, 0.2) is 39.5 Å². The zero-order chi connectivity index (χ0) is 21.4. The molecule has 156 valence electrons. The van der Waals surface area contributed by atoms with Crippen LogP contribution < -0.4 is 15.3 Å². The highest BCUT2D eigenvalue weighted by molar-refractivity contribution is 5.95. The molecule has 3 aromatic rings. The zero-order valence-electron chi connectivity index (χ0n) is 17.4. The zero-order valence-corrected chi connectivity index (χ0v) is 17.4. The summed E-state index contributed by atoms with van der Waals surface area (Å²) in [5, 5.41) is 0.826. The Kier molecular flexibility index (Phi) is 5.33. The van der Waals surface area contributed by atoms with E-state index < -0.39 is 5.63 Å². The van der Waals surface area contributed by atoms with E-state index in [1.54, 1.807) is 18.1 Å². The number of carbonyl (C=O) groups excluding carboxylic acids is 1. The number of ether oxygens (including phenoxy) is 1. The number of methoxy groups -OCH3 is 1. The monoisotopic (exact) mass is 409 g/mol. The lowest BCUT2D eigenvalue weighted by atomic mass is 9.97. The second-order valence-corrected chi connectivity index (χ2v) is 7.73. The van der Waals surface area contributed by atoms with Crippen LogP contribution in [0, 0.1) is 19.7 Å². The first-order chi connectivity index (χ1) is 14.4. The number of nitrogens with zero attached hydrogens (tertiary/aromatic N) is 1. The quantitative estimate of drug-likeness (QED) is 0.597. The second kappa shape index (κ2) is 7.94. The maximum absolute atomic E-state index is 13.8. The number of rotatable bonds is 4. The summed E-state index contributed by atoms with van der Waals surface area (Å²) in [6, 6.07) is 8.33. The molecule has 0 radical (unpaired) electrons. The maximum Gasteiger partial charge on any atom is 0.339 e. The van der Waals surface area contributed by atoms with E-state index >= 15 is 0 Å². The minimum atomic E-state index is -0.432. The normalized spacial score (nSPS) is 13.4. The van der Waals surface area contributed by atoms with Crippen molar-refractivity contribution in [3.05, 3.63) is 68.8 Å². The molecule has 6 heteroatoms. The van der Waals surface area contributed by atoms with Crippen molar-refractivity contribution in [2.45, 2.75) is 39.5 Å². The molecule has 0 bridgehead atoms. The predicted molar refractivity (Wildman–Crippen MR) is 114 cm³/mol. The van der Waals surface area contributed by atoms with Crippen molar-refractivity contribution in [3.8, 4) is 5.75 Å². The summed E-state index contributed by atoms with van der Waals surface area (Å²) in [6.45, 7) is 4.29. The molecule has 1 aliphatic rings. The van der Waals surface area contributed by atoms with Crippen molar-refractivity contribution in [3.63, 3.8) is 0 Å².